The van der Waals surface area contributed by atoms with Crippen LogP contribution in [0.5, 0.6) is 0 Å². The van der Waals surface area contributed by atoms with Crippen LogP contribution in [0, 0.1) is 17.6 Å². The number of rotatable bonds is 2. The van der Waals surface area contributed by atoms with Gasteiger partial charge in [0.25, 0.3) is 0 Å². The molecule has 1 fully saturated rings. The molecule has 0 radical (unpaired) electrons. The number of hydrogen-bond acceptors (Lipinski definition) is 1. The molecule has 16 heavy (non-hydrogen) atoms. The predicted octanol–water partition coefficient (Wildman–Crippen LogP) is 3.66. The predicted molar refractivity (Wildman–Crippen MR) is 59.5 cm³/mol. The molecule has 1 atom stereocenters. The molecule has 0 bridgehead atoms. The van der Waals surface area contributed by atoms with E-state index in [1.54, 1.807) is 0 Å². The molecule has 1 aliphatic heterocycles. The quantitative estimate of drug-likeness (QED) is 0.806. The molecule has 1 aromatic rings. The number of hydrogen-bond donors (Lipinski definition) is 1. The van der Waals surface area contributed by atoms with Crippen LogP contribution in [0.4, 0.5) is 14.5 Å². The summed E-state index contributed by atoms with van der Waals surface area (Å²) in [5.41, 5.74) is 1.36. The number of fused-ring (bicyclic) bond motifs is 1. The first kappa shape index (κ1) is 10.1. The molecule has 3 heteroatoms. The van der Waals surface area contributed by atoms with E-state index in [1.807, 2.05) is 0 Å². The molecule has 0 aromatic heterocycles. The van der Waals surface area contributed by atoms with E-state index in [0.717, 1.165) is 30.5 Å². The van der Waals surface area contributed by atoms with Gasteiger partial charge in [0, 0.05) is 18.5 Å². The van der Waals surface area contributed by atoms with Crippen molar-refractivity contribution in [3.8, 4) is 0 Å². The highest BCUT2D eigenvalue weighted by atomic mass is 19.1. The standard InChI is InChI=1S/C13H15F2N/c14-10-5-11-9(4-8-2-1-3-8)7-16-13(11)12(15)6-10/h5-6,8-9,16H,1-4,7H2. The van der Waals surface area contributed by atoms with Crippen LogP contribution in [-0.4, -0.2) is 6.54 Å². The molecule has 2 aliphatic rings. The first-order chi connectivity index (χ1) is 7.74. The summed E-state index contributed by atoms with van der Waals surface area (Å²) in [6.07, 6.45) is 4.95. The van der Waals surface area contributed by atoms with Crippen molar-refractivity contribution in [1.29, 1.82) is 0 Å². The molecule has 1 N–H and O–H groups in total. The lowest BCUT2D eigenvalue weighted by molar-refractivity contribution is 0.280. The van der Waals surface area contributed by atoms with E-state index in [9.17, 15) is 8.78 Å². The zero-order valence-electron chi connectivity index (χ0n) is 9.10. The second-order valence-corrected chi connectivity index (χ2v) is 4.96. The van der Waals surface area contributed by atoms with Gasteiger partial charge in [-0.2, -0.15) is 0 Å². The third-order valence-electron chi connectivity index (χ3n) is 3.89. The summed E-state index contributed by atoms with van der Waals surface area (Å²) in [5.74, 6) is 0.152. The smallest absolute Gasteiger partial charge is 0.149 e. The Hall–Kier alpha value is -1.12. The highest BCUT2D eigenvalue weighted by Gasteiger charge is 2.29. The van der Waals surface area contributed by atoms with Crippen LogP contribution in [0.25, 0.3) is 0 Å². The normalized spacial score (nSPS) is 23.8. The molecule has 0 spiro atoms. The van der Waals surface area contributed by atoms with E-state index in [1.165, 1.54) is 25.3 Å². The summed E-state index contributed by atoms with van der Waals surface area (Å²) in [4.78, 5) is 0. The molecule has 1 aromatic carbocycles. The molecule has 0 saturated heterocycles. The van der Waals surface area contributed by atoms with Gasteiger partial charge >= 0.3 is 0 Å². The lowest BCUT2D eigenvalue weighted by atomic mass is 9.78. The molecule has 0 amide bonds. The van der Waals surface area contributed by atoms with Crippen LogP contribution in [0.2, 0.25) is 0 Å². The maximum Gasteiger partial charge on any atom is 0.149 e. The molecule has 86 valence electrons. The second kappa shape index (κ2) is 3.72. The van der Waals surface area contributed by atoms with E-state index in [0.29, 0.717) is 11.6 Å². The minimum absolute atomic E-state index is 0.297. The first-order valence-corrected chi connectivity index (χ1v) is 5.97. The fourth-order valence-electron chi connectivity index (χ4n) is 2.78. The van der Waals surface area contributed by atoms with Gasteiger partial charge in [0.1, 0.15) is 11.6 Å². The molecular formula is C13H15F2N. The van der Waals surface area contributed by atoms with Gasteiger partial charge in [-0.05, 0) is 24.0 Å². The first-order valence-electron chi connectivity index (χ1n) is 5.97. The Morgan fingerprint density at radius 1 is 1.25 bits per heavy atom. The number of anilines is 1. The number of halogens is 2. The monoisotopic (exact) mass is 223 g/mol. The Labute approximate surface area is 93.9 Å². The van der Waals surface area contributed by atoms with Crippen molar-refractivity contribution in [2.45, 2.75) is 31.6 Å². The fraction of sp³-hybridized carbons (Fsp3) is 0.538. The topological polar surface area (TPSA) is 12.0 Å². The Morgan fingerprint density at radius 2 is 2.06 bits per heavy atom. The van der Waals surface area contributed by atoms with E-state index < -0.39 is 11.6 Å². The lowest BCUT2D eigenvalue weighted by Crippen LogP contribution is -2.16. The highest BCUT2D eigenvalue weighted by Crippen LogP contribution is 2.41. The van der Waals surface area contributed by atoms with Gasteiger partial charge in [-0.15, -0.1) is 0 Å². The van der Waals surface area contributed by atoms with Crippen molar-refractivity contribution < 1.29 is 8.78 Å². The Kier molecular flexibility index (Phi) is 2.34. The summed E-state index contributed by atoms with van der Waals surface area (Å²) in [7, 11) is 0. The van der Waals surface area contributed by atoms with Crippen LogP contribution in [-0.2, 0) is 0 Å². The maximum atomic E-state index is 13.5. The van der Waals surface area contributed by atoms with E-state index in [2.05, 4.69) is 5.32 Å². The molecule has 1 unspecified atom stereocenters. The SMILES string of the molecule is Fc1cc(F)c2c(c1)C(CC1CCC1)CN2. The summed E-state index contributed by atoms with van der Waals surface area (Å²) in [6, 6.07) is 2.44. The third kappa shape index (κ3) is 1.58. The molecule has 3 rings (SSSR count). The van der Waals surface area contributed by atoms with Gasteiger partial charge < -0.3 is 5.32 Å². The van der Waals surface area contributed by atoms with Crippen molar-refractivity contribution in [2.75, 3.05) is 11.9 Å². The Balaban J connectivity index is 1.86. The van der Waals surface area contributed by atoms with Crippen LogP contribution in [0.3, 0.4) is 0 Å². The van der Waals surface area contributed by atoms with Crippen molar-refractivity contribution in [3.05, 3.63) is 29.3 Å². The number of benzene rings is 1. The van der Waals surface area contributed by atoms with Gasteiger partial charge in [0.2, 0.25) is 0 Å². The zero-order valence-corrected chi connectivity index (χ0v) is 9.10. The highest BCUT2D eigenvalue weighted by molar-refractivity contribution is 5.58. The van der Waals surface area contributed by atoms with Crippen molar-refractivity contribution >= 4 is 5.69 Å². The maximum absolute atomic E-state index is 13.5. The average Bonchev–Trinajstić information content (AvgIpc) is 2.55. The van der Waals surface area contributed by atoms with Gasteiger partial charge in [-0.1, -0.05) is 19.3 Å². The van der Waals surface area contributed by atoms with E-state index in [4.69, 9.17) is 0 Å². The number of nitrogens with one attached hydrogen (secondary N) is 1. The fourth-order valence-corrected chi connectivity index (χ4v) is 2.78. The summed E-state index contributed by atoms with van der Waals surface area (Å²) >= 11 is 0. The second-order valence-electron chi connectivity index (χ2n) is 4.96. The average molecular weight is 223 g/mol. The lowest BCUT2D eigenvalue weighted by Gasteiger charge is -2.28. The van der Waals surface area contributed by atoms with Gasteiger partial charge in [0.05, 0.1) is 5.69 Å². The third-order valence-corrected chi connectivity index (χ3v) is 3.89. The van der Waals surface area contributed by atoms with Crippen molar-refractivity contribution in [3.63, 3.8) is 0 Å². The van der Waals surface area contributed by atoms with Crippen LogP contribution in [0.1, 0.15) is 37.2 Å². The summed E-state index contributed by atoms with van der Waals surface area (Å²) in [5, 5.41) is 3.06. The van der Waals surface area contributed by atoms with Gasteiger partial charge in [0.15, 0.2) is 0 Å². The van der Waals surface area contributed by atoms with E-state index >= 15 is 0 Å². The summed E-state index contributed by atoms with van der Waals surface area (Å²) in [6.45, 7) is 0.756. The van der Waals surface area contributed by atoms with Gasteiger partial charge in [-0.3, -0.25) is 0 Å². The van der Waals surface area contributed by atoms with Crippen LogP contribution < -0.4 is 5.32 Å². The van der Waals surface area contributed by atoms with Crippen molar-refractivity contribution in [2.24, 2.45) is 5.92 Å². The zero-order chi connectivity index (χ0) is 11.1. The molecule has 1 saturated carbocycles. The van der Waals surface area contributed by atoms with Crippen LogP contribution in [0.15, 0.2) is 12.1 Å². The molecule has 1 aliphatic carbocycles. The molecular weight excluding hydrogens is 208 g/mol. The Morgan fingerprint density at radius 3 is 2.75 bits per heavy atom. The summed E-state index contributed by atoms with van der Waals surface area (Å²) < 4.78 is 26.6. The molecule has 1 nitrogen and oxygen atoms in total. The minimum atomic E-state index is -0.460. The van der Waals surface area contributed by atoms with Gasteiger partial charge in [-0.25, -0.2) is 8.78 Å². The molecule has 1 heterocycles. The minimum Gasteiger partial charge on any atom is -0.382 e. The Bertz CT molecular complexity index is 413. The van der Waals surface area contributed by atoms with Crippen molar-refractivity contribution in [1.82, 2.24) is 0 Å². The largest absolute Gasteiger partial charge is 0.382 e. The van der Waals surface area contributed by atoms with Crippen LogP contribution >= 0.6 is 0 Å². The van der Waals surface area contributed by atoms with E-state index in [-0.39, 0.29) is 0 Å².